The highest BCUT2D eigenvalue weighted by atomic mass is 16.3. The first-order valence-corrected chi connectivity index (χ1v) is 21.8. The van der Waals surface area contributed by atoms with Crippen LogP contribution < -0.4 is 0 Å². The Bertz CT molecular complexity index is 4230. The minimum Gasteiger partial charge on any atom is -0.455 e. The molecular formula is C61H38N4O. The zero-order valence-corrected chi connectivity index (χ0v) is 35.2. The van der Waals surface area contributed by atoms with Crippen molar-refractivity contribution < 1.29 is 12.6 Å². The number of fused-ring (bicyclic) bond motifs is 7. The number of hydrogen-bond acceptors (Lipinski definition) is 4. The topological polar surface area (TPSA) is 56.7 Å². The van der Waals surface area contributed by atoms with E-state index in [0.29, 0.717) is 28.7 Å². The van der Waals surface area contributed by atoms with E-state index in [9.17, 15) is 2.74 Å². The molecular weight excluding hydrogens is 805 g/mol. The molecule has 0 N–H and O–H groups in total. The SMILES string of the molecule is [2H]c1cc([2H])c2c(c1[2H])c1c([2H])c([2H])cc([2H])c1n2-c1ccc(-c2cccc(-c3ccc(-c4nc(-c5ccccc5)nc(-c5ccccc5)n4)c4ccccc34)c2)cc1-c1cccc2c1oc1ccccc12. The number of hydrogen-bond donors (Lipinski definition) is 0. The van der Waals surface area contributed by atoms with Gasteiger partial charge in [0, 0.05) is 49.4 Å². The number of benzene rings is 10. The third-order valence-corrected chi connectivity index (χ3v) is 12.4. The Balaban J connectivity index is 1.01. The van der Waals surface area contributed by atoms with Crippen molar-refractivity contribution >= 4 is 54.5 Å². The van der Waals surface area contributed by atoms with E-state index >= 15 is 0 Å². The summed E-state index contributed by atoms with van der Waals surface area (Å²) >= 11 is 0. The molecule has 0 aliphatic rings. The van der Waals surface area contributed by atoms with Gasteiger partial charge in [0.1, 0.15) is 11.2 Å². The van der Waals surface area contributed by atoms with Gasteiger partial charge in [0.15, 0.2) is 17.5 Å². The zero-order valence-electron chi connectivity index (χ0n) is 41.2. The first kappa shape index (κ1) is 31.8. The summed E-state index contributed by atoms with van der Waals surface area (Å²) in [6.07, 6.45) is 0. The van der Waals surface area contributed by atoms with Crippen molar-refractivity contribution in [1.29, 1.82) is 0 Å². The molecule has 0 aliphatic carbocycles. The molecule has 308 valence electrons. The smallest absolute Gasteiger partial charge is 0.164 e. The first-order valence-electron chi connectivity index (χ1n) is 24.8. The third kappa shape index (κ3) is 6.21. The highest BCUT2D eigenvalue weighted by Gasteiger charge is 2.21. The van der Waals surface area contributed by atoms with Crippen molar-refractivity contribution in [3.63, 3.8) is 0 Å². The minimum atomic E-state index is -0.169. The highest BCUT2D eigenvalue weighted by Crippen LogP contribution is 2.43. The van der Waals surface area contributed by atoms with Crippen LogP contribution in [-0.2, 0) is 0 Å². The summed E-state index contributed by atoms with van der Waals surface area (Å²) in [7, 11) is 0. The predicted molar refractivity (Wildman–Crippen MR) is 272 cm³/mol. The van der Waals surface area contributed by atoms with Gasteiger partial charge >= 0.3 is 0 Å². The molecule has 3 aromatic heterocycles. The molecule has 13 rings (SSSR count). The maximum absolute atomic E-state index is 9.27. The van der Waals surface area contributed by atoms with Crippen LogP contribution in [0.2, 0.25) is 0 Å². The number of aromatic nitrogens is 4. The van der Waals surface area contributed by atoms with Gasteiger partial charge in [-0.2, -0.15) is 0 Å². The molecule has 0 radical (unpaired) electrons. The van der Waals surface area contributed by atoms with Crippen molar-refractivity contribution in [2.75, 3.05) is 0 Å². The largest absolute Gasteiger partial charge is 0.455 e. The van der Waals surface area contributed by atoms with Gasteiger partial charge in [0.05, 0.1) is 24.9 Å². The maximum atomic E-state index is 9.27. The molecule has 13 aromatic rings. The molecule has 0 bridgehead atoms. The van der Waals surface area contributed by atoms with E-state index < -0.39 is 0 Å². The fraction of sp³-hybridized carbons (Fsp3) is 0. The molecule has 0 saturated heterocycles. The quantitative estimate of drug-likeness (QED) is 0.160. The summed E-state index contributed by atoms with van der Waals surface area (Å²) in [6.45, 7) is 0. The van der Waals surface area contributed by atoms with Crippen LogP contribution in [0.3, 0.4) is 0 Å². The van der Waals surface area contributed by atoms with Gasteiger partial charge in [-0.05, 0) is 75.4 Å². The summed E-state index contributed by atoms with van der Waals surface area (Å²) in [5.41, 5.74) is 10.6. The molecule has 0 spiro atoms. The van der Waals surface area contributed by atoms with Crippen LogP contribution in [-0.4, -0.2) is 19.5 Å². The molecule has 5 nitrogen and oxygen atoms in total. The van der Waals surface area contributed by atoms with Crippen molar-refractivity contribution in [3.8, 4) is 73.2 Å². The minimum absolute atomic E-state index is 0.0285. The van der Waals surface area contributed by atoms with Crippen LogP contribution in [0.4, 0.5) is 0 Å². The third-order valence-electron chi connectivity index (χ3n) is 12.4. The number of nitrogens with zero attached hydrogens (tertiary/aromatic N) is 4. The van der Waals surface area contributed by atoms with Crippen molar-refractivity contribution in [1.82, 2.24) is 19.5 Å². The lowest BCUT2D eigenvalue weighted by molar-refractivity contribution is 0.670. The maximum Gasteiger partial charge on any atom is 0.164 e. The summed E-state index contributed by atoms with van der Waals surface area (Å²) < 4.78 is 62.3. The Labute approximate surface area is 389 Å². The zero-order chi connectivity index (χ0) is 48.8. The van der Waals surface area contributed by atoms with E-state index in [4.69, 9.17) is 24.9 Å². The molecule has 5 heteroatoms. The molecule has 0 atom stereocenters. The second kappa shape index (κ2) is 15.4. The molecule has 0 aliphatic heterocycles. The lowest BCUT2D eigenvalue weighted by Gasteiger charge is -2.17. The van der Waals surface area contributed by atoms with E-state index in [1.165, 1.54) is 12.1 Å². The monoisotopic (exact) mass is 848 g/mol. The molecule has 0 fully saturated rings. The van der Waals surface area contributed by atoms with E-state index in [1.807, 2.05) is 127 Å². The molecule has 3 heterocycles. The van der Waals surface area contributed by atoms with E-state index in [1.54, 1.807) is 4.57 Å². The average molecular weight is 849 g/mol. The van der Waals surface area contributed by atoms with Crippen LogP contribution in [0.5, 0.6) is 0 Å². The molecule has 10 aromatic carbocycles. The van der Waals surface area contributed by atoms with Gasteiger partial charge < -0.3 is 8.98 Å². The van der Waals surface area contributed by atoms with Gasteiger partial charge in [-0.3, -0.25) is 0 Å². The average Bonchev–Trinajstić information content (AvgIpc) is 4.00. The second-order valence-corrected chi connectivity index (χ2v) is 16.2. The van der Waals surface area contributed by atoms with Crippen LogP contribution in [0.1, 0.15) is 8.22 Å². The van der Waals surface area contributed by atoms with Gasteiger partial charge in [-0.1, -0.05) is 188 Å². The first-order chi connectivity index (χ1) is 35.2. The molecule has 0 unspecified atom stereocenters. The summed E-state index contributed by atoms with van der Waals surface area (Å²) in [4.78, 5) is 15.1. The van der Waals surface area contributed by atoms with Gasteiger partial charge in [-0.25, -0.2) is 15.0 Å². The summed E-state index contributed by atoms with van der Waals surface area (Å²) in [5.74, 6) is 1.75. The lowest BCUT2D eigenvalue weighted by atomic mass is 9.91. The summed E-state index contributed by atoms with van der Waals surface area (Å²) in [5, 5.41) is 4.30. The van der Waals surface area contributed by atoms with Crippen LogP contribution in [0.15, 0.2) is 235 Å². The Morgan fingerprint density at radius 2 is 0.894 bits per heavy atom. The van der Waals surface area contributed by atoms with Crippen molar-refractivity contribution in [2.24, 2.45) is 0 Å². The molecule has 0 saturated carbocycles. The van der Waals surface area contributed by atoms with Crippen LogP contribution in [0.25, 0.3) is 128 Å². The summed E-state index contributed by atoms with van der Waals surface area (Å²) in [6, 6.07) is 62.8. The van der Waals surface area contributed by atoms with Gasteiger partial charge in [0.2, 0.25) is 0 Å². The molecule has 0 amide bonds. The Morgan fingerprint density at radius 1 is 0.348 bits per heavy atom. The Hall–Kier alpha value is -8.93. The number of furan rings is 1. The highest BCUT2D eigenvalue weighted by molar-refractivity contribution is 6.13. The fourth-order valence-corrected chi connectivity index (χ4v) is 9.38. The van der Waals surface area contributed by atoms with Crippen LogP contribution in [0, 0.1) is 0 Å². The number of rotatable bonds is 7. The predicted octanol–water partition coefficient (Wildman–Crippen LogP) is 16.0. The van der Waals surface area contributed by atoms with E-state index in [-0.39, 0.29) is 58.1 Å². The van der Waals surface area contributed by atoms with E-state index in [0.717, 1.165) is 77.2 Å². The normalized spacial score (nSPS) is 12.9. The Kier molecular flexibility index (Phi) is 7.43. The lowest BCUT2D eigenvalue weighted by Crippen LogP contribution is -2.00. The van der Waals surface area contributed by atoms with E-state index in [2.05, 4.69) is 54.6 Å². The van der Waals surface area contributed by atoms with Crippen molar-refractivity contribution in [3.05, 3.63) is 230 Å². The fourth-order valence-electron chi connectivity index (χ4n) is 9.38. The van der Waals surface area contributed by atoms with Crippen molar-refractivity contribution in [2.45, 2.75) is 0 Å². The number of para-hydroxylation sites is 4. The molecule has 66 heavy (non-hydrogen) atoms. The van der Waals surface area contributed by atoms with Gasteiger partial charge in [-0.15, -0.1) is 0 Å². The van der Waals surface area contributed by atoms with Gasteiger partial charge in [0.25, 0.3) is 0 Å². The standard InChI is InChI=1S/C61H38N4O/c1-3-17-39(18-4-1)59-62-60(40-19-5-2-6-20-40)64-61(63-59)52-35-34-44(45-23-7-8-24-46(45)52)43-22-15-21-41(37-43)42-33-36-56(65-54-30-12-9-25-47(54)48-26-10-13-31-55(48)65)53(38-42)51-29-16-28-50-49-27-11-14-32-57(49)66-58(50)51/h1-38H/i9D,10D,25D,26D,30D,31D. The Morgan fingerprint density at radius 3 is 1.61 bits per heavy atom. The van der Waals surface area contributed by atoms with Crippen LogP contribution >= 0.6 is 0 Å². The second-order valence-electron chi connectivity index (χ2n) is 16.2.